The van der Waals surface area contributed by atoms with Gasteiger partial charge in [-0.2, -0.15) is 4.31 Å². The van der Waals surface area contributed by atoms with E-state index in [0.29, 0.717) is 24.4 Å². The molecule has 1 aliphatic rings. The average Bonchev–Trinajstić information content (AvgIpc) is 3.13. The van der Waals surface area contributed by atoms with Gasteiger partial charge in [0.2, 0.25) is 15.9 Å². The van der Waals surface area contributed by atoms with E-state index in [1.165, 1.54) is 16.4 Å². The highest BCUT2D eigenvalue weighted by Gasteiger charge is 2.36. The Morgan fingerprint density at radius 3 is 2.50 bits per heavy atom. The van der Waals surface area contributed by atoms with Crippen LogP contribution in [0.2, 0.25) is 10.0 Å². The summed E-state index contributed by atoms with van der Waals surface area (Å²) in [6.45, 7) is 0.295. The summed E-state index contributed by atoms with van der Waals surface area (Å²) < 4.78 is 25.0. The van der Waals surface area contributed by atoms with Crippen LogP contribution in [0, 0.1) is 0 Å². The van der Waals surface area contributed by atoms with E-state index in [2.05, 4.69) is 5.32 Å². The summed E-state index contributed by atoms with van der Waals surface area (Å²) in [6.07, 6.45) is 2.09. The van der Waals surface area contributed by atoms with Crippen LogP contribution in [-0.2, 0) is 14.8 Å². The van der Waals surface area contributed by atoms with Crippen molar-refractivity contribution in [3.63, 3.8) is 0 Å². The molecule has 0 spiro atoms. The summed E-state index contributed by atoms with van der Waals surface area (Å²) in [7, 11) is -3.50. The molecule has 6 nitrogen and oxygen atoms in total. The maximum absolute atomic E-state index is 13.0. The van der Waals surface area contributed by atoms with Gasteiger partial charge in [0.05, 0.1) is 17.0 Å². The molecule has 0 radical (unpaired) electrons. The Balaban J connectivity index is 1.92. The number of anilines is 1. The third kappa shape index (κ3) is 4.38. The quantitative estimate of drug-likeness (QED) is 0.719. The molecule has 1 heterocycles. The number of amides is 1. The minimum atomic E-state index is -3.50. The zero-order valence-corrected chi connectivity index (χ0v) is 17.3. The van der Waals surface area contributed by atoms with E-state index in [4.69, 9.17) is 23.2 Å². The number of benzene rings is 2. The topological polar surface area (TPSA) is 83.6 Å². The van der Waals surface area contributed by atoms with E-state index in [1.807, 2.05) is 0 Å². The molecule has 1 fully saturated rings. The van der Waals surface area contributed by atoms with Gasteiger partial charge in [0.1, 0.15) is 6.04 Å². The predicted molar refractivity (Wildman–Crippen MR) is 110 cm³/mol. The van der Waals surface area contributed by atoms with Crippen LogP contribution in [0.15, 0.2) is 42.5 Å². The summed E-state index contributed by atoms with van der Waals surface area (Å²) in [5.41, 5.74) is 0.707. The average molecular weight is 441 g/mol. The molecule has 0 bridgehead atoms. The zero-order valence-electron chi connectivity index (χ0n) is 15.0. The van der Waals surface area contributed by atoms with E-state index in [1.54, 1.807) is 30.3 Å². The van der Waals surface area contributed by atoms with Crippen molar-refractivity contribution in [2.45, 2.75) is 18.9 Å². The Kier molecular flexibility index (Phi) is 6.09. The fraction of sp³-hybridized carbons (Fsp3) is 0.263. The number of carbonyl (C=O) groups excluding carboxylic acids is 2. The fourth-order valence-corrected chi connectivity index (χ4v) is 4.74. The van der Waals surface area contributed by atoms with Gasteiger partial charge in [-0.15, -0.1) is 0 Å². The fourth-order valence-electron chi connectivity index (χ4n) is 3.22. The molecule has 2 aromatic rings. The van der Waals surface area contributed by atoms with Crippen molar-refractivity contribution in [1.82, 2.24) is 4.31 Å². The van der Waals surface area contributed by atoms with Crippen LogP contribution < -0.4 is 5.32 Å². The van der Waals surface area contributed by atoms with Gasteiger partial charge in [-0.3, -0.25) is 9.59 Å². The summed E-state index contributed by atoms with van der Waals surface area (Å²) in [5, 5.41) is 3.29. The molecular weight excluding hydrogens is 423 g/mol. The molecule has 0 saturated carbocycles. The lowest BCUT2D eigenvalue weighted by molar-refractivity contribution is -0.119. The maximum atomic E-state index is 13.0. The maximum Gasteiger partial charge on any atom is 0.242 e. The second-order valence-corrected chi connectivity index (χ2v) is 9.30. The van der Waals surface area contributed by atoms with E-state index in [9.17, 15) is 18.0 Å². The van der Waals surface area contributed by atoms with Gasteiger partial charge in [0.25, 0.3) is 0 Å². The van der Waals surface area contributed by atoms with Crippen LogP contribution in [0.3, 0.4) is 0 Å². The van der Waals surface area contributed by atoms with Gasteiger partial charge in [-0.25, -0.2) is 8.42 Å². The monoisotopic (exact) mass is 440 g/mol. The molecule has 3 rings (SSSR count). The van der Waals surface area contributed by atoms with Crippen LogP contribution in [0.5, 0.6) is 0 Å². The smallest absolute Gasteiger partial charge is 0.242 e. The highest BCUT2D eigenvalue weighted by Crippen LogP contribution is 2.28. The normalized spacial score (nSPS) is 17.5. The third-order valence-electron chi connectivity index (χ3n) is 4.53. The van der Waals surface area contributed by atoms with E-state index in [-0.39, 0.29) is 21.8 Å². The molecule has 1 amide bonds. The van der Waals surface area contributed by atoms with Crippen molar-refractivity contribution in [1.29, 1.82) is 0 Å². The number of hydrogen-bond donors (Lipinski definition) is 1. The molecule has 148 valence electrons. The number of nitrogens with one attached hydrogen (secondary N) is 1. The van der Waals surface area contributed by atoms with Crippen LogP contribution in [0.1, 0.15) is 28.8 Å². The van der Waals surface area contributed by atoms with Crippen molar-refractivity contribution in [3.05, 3.63) is 63.6 Å². The first kappa shape index (κ1) is 20.8. The summed E-state index contributed by atoms with van der Waals surface area (Å²) in [5.74, 6) is -0.881. The molecule has 9 heteroatoms. The third-order valence-corrected chi connectivity index (χ3v) is 6.39. The second kappa shape index (κ2) is 8.21. The summed E-state index contributed by atoms with van der Waals surface area (Å²) >= 11 is 12.2. The minimum absolute atomic E-state index is 0.179. The molecule has 2 aromatic carbocycles. The van der Waals surface area contributed by atoms with Gasteiger partial charge in [-0.05, 0) is 43.2 Å². The number of nitrogens with zero attached hydrogens (tertiary/aromatic N) is 1. The van der Waals surface area contributed by atoms with Crippen molar-refractivity contribution >= 4 is 50.6 Å². The lowest BCUT2D eigenvalue weighted by Gasteiger charge is -2.22. The molecule has 1 unspecified atom stereocenters. The molecule has 28 heavy (non-hydrogen) atoms. The molecule has 0 aromatic heterocycles. The minimum Gasteiger partial charge on any atom is -0.324 e. The van der Waals surface area contributed by atoms with E-state index >= 15 is 0 Å². The van der Waals surface area contributed by atoms with E-state index < -0.39 is 27.8 Å². The number of ketones is 1. The largest absolute Gasteiger partial charge is 0.324 e. The number of hydrogen-bond acceptors (Lipinski definition) is 4. The molecule has 0 aliphatic carbocycles. The zero-order chi connectivity index (χ0) is 20.5. The van der Waals surface area contributed by atoms with Crippen molar-refractivity contribution in [2.24, 2.45) is 0 Å². The van der Waals surface area contributed by atoms with Gasteiger partial charge >= 0.3 is 0 Å². The first-order valence-electron chi connectivity index (χ1n) is 8.55. The van der Waals surface area contributed by atoms with Crippen molar-refractivity contribution in [3.8, 4) is 0 Å². The number of rotatable bonds is 5. The van der Waals surface area contributed by atoms with Gasteiger partial charge in [-0.1, -0.05) is 35.3 Å². The van der Waals surface area contributed by atoms with Gasteiger partial charge in [0, 0.05) is 22.7 Å². The Hall–Kier alpha value is -1.93. The lowest BCUT2D eigenvalue weighted by atomic mass is 10.0. The van der Waals surface area contributed by atoms with Crippen molar-refractivity contribution in [2.75, 3.05) is 18.1 Å². The Morgan fingerprint density at radius 1 is 1.11 bits per heavy atom. The Morgan fingerprint density at radius 2 is 1.82 bits per heavy atom. The first-order valence-corrected chi connectivity index (χ1v) is 11.2. The van der Waals surface area contributed by atoms with Crippen molar-refractivity contribution < 1.29 is 18.0 Å². The van der Waals surface area contributed by atoms with Gasteiger partial charge in [0.15, 0.2) is 5.78 Å². The predicted octanol–water partition coefficient (Wildman–Crippen LogP) is 3.59. The number of carbonyl (C=O) groups is 2. The second-order valence-electron chi connectivity index (χ2n) is 6.52. The Bertz CT molecular complexity index is 1040. The number of sulfonamides is 1. The van der Waals surface area contributed by atoms with Gasteiger partial charge < -0.3 is 5.32 Å². The standard InChI is InChI=1S/C19H18Cl2N2O4S/c1-28(26,27)23-10-4-7-17(23)19(25)22-16-9-8-12(20)11-14(16)18(24)13-5-2-3-6-15(13)21/h2-3,5-6,8-9,11,17H,4,7,10H2,1H3,(H,22,25). The van der Waals surface area contributed by atoms with Crippen LogP contribution in [-0.4, -0.2) is 43.3 Å². The molecule has 1 N–H and O–H groups in total. The highest BCUT2D eigenvalue weighted by atomic mass is 35.5. The van der Waals surface area contributed by atoms with E-state index in [0.717, 1.165) is 6.26 Å². The van der Waals surface area contributed by atoms with Crippen LogP contribution in [0.4, 0.5) is 5.69 Å². The SMILES string of the molecule is CS(=O)(=O)N1CCCC1C(=O)Nc1ccc(Cl)cc1C(=O)c1ccccc1Cl. The van der Waals surface area contributed by atoms with Crippen LogP contribution >= 0.6 is 23.2 Å². The lowest BCUT2D eigenvalue weighted by Crippen LogP contribution is -2.42. The molecule has 1 saturated heterocycles. The molecule has 1 atom stereocenters. The molecular formula is C19H18Cl2N2O4S. The summed E-state index contributed by atoms with van der Waals surface area (Å²) in [4.78, 5) is 25.7. The first-order chi connectivity index (χ1) is 13.2. The summed E-state index contributed by atoms with van der Waals surface area (Å²) in [6, 6.07) is 10.3. The highest BCUT2D eigenvalue weighted by molar-refractivity contribution is 7.88. The van der Waals surface area contributed by atoms with Crippen LogP contribution in [0.25, 0.3) is 0 Å². The molecule has 1 aliphatic heterocycles. The number of halogens is 2. The Labute approximate surface area is 173 Å².